The topological polar surface area (TPSA) is 92.5 Å². The maximum Gasteiger partial charge on any atom is 0.261 e. The van der Waals surface area contributed by atoms with Crippen LogP contribution in [-0.2, 0) is 4.79 Å². The summed E-state index contributed by atoms with van der Waals surface area (Å²) < 4.78 is 0.721. The van der Waals surface area contributed by atoms with Gasteiger partial charge in [0.15, 0.2) is 0 Å². The lowest BCUT2D eigenvalue weighted by Gasteiger charge is -2.27. The first-order chi connectivity index (χ1) is 9.27. The van der Waals surface area contributed by atoms with Crippen molar-refractivity contribution in [2.45, 2.75) is 13.8 Å². The summed E-state index contributed by atoms with van der Waals surface area (Å²) in [6, 6.07) is 4.90. The van der Waals surface area contributed by atoms with Crippen molar-refractivity contribution < 1.29 is 14.4 Å². The molecule has 1 aliphatic rings. The van der Waals surface area contributed by atoms with E-state index in [2.05, 4.69) is 15.9 Å². The minimum absolute atomic E-state index is 0.0278. The maximum atomic E-state index is 12.3. The van der Waals surface area contributed by atoms with Gasteiger partial charge in [-0.05, 0) is 32.0 Å². The molecule has 1 aliphatic heterocycles. The molecule has 3 amide bonds. The highest BCUT2D eigenvalue weighted by atomic mass is 79.9. The van der Waals surface area contributed by atoms with Gasteiger partial charge < -0.3 is 0 Å². The van der Waals surface area contributed by atoms with Gasteiger partial charge in [-0.15, -0.1) is 0 Å². The van der Waals surface area contributed by atoms with Gasteiger partial charge in [0.1, 0.15) is 0 Å². The minimum Gasteiger partial charge on any atom is -0.294 e. The summed E-state index contributed by atoms with van der Waals surface area (Å²) in [5, 5.41) is 0. The smallest absolute Gasteiger partial charge is 0.261 e. The number of nitrogens with zero attached hydrogens (tertiary/aromatic N) is 1. The van der Waals surface area contributed by atoms with Crippen molar-refractivity contribution in [2.24, 2.45) is 11.3 Å². The summed E-state index contributed by atoms with van der Waals surface area (Å²) in [6.07, 6.45) is 0. The number of hydrogen-bond donors (Lipinski definition) is 2. The molecule has 3 N–H and O–H groups in total. The lowest BCUT2D eigenvalue weighted by Crippen LogP contribution is -2.48. The van der Waals surface area contributed by atoms with Crippen molar-refractivity contribution in [3.8, 4) is 0 Å². The van der Waals surface area contributed by atoms with Crippen LogP contribution >= 0.6 is 15.9 Å². The first kappa shape index (κ1) is 14.7. The van der Waals surface area contributed by atoms with E-state index in [4.69, 9.17) is 5.84 Å². The maximum absolute atomic E-state index is 12.3. The van der Waals surface area contributed by atoms with Crippen LogP contribution in [0.15, 0.2) is 22.7 Å². The Balaban J connectivity index is 2.32. The molecule has 0 radical (unpaired) electrons. The Bertz CT molecular complexity index is 613. The van der Waals surface area contributed by atoms with Crippen LogP contribution in [0.2, 0.25) is 0 Å². The number of halogens is 1. The van der Waals surface area contributed by atoms with Crippen molar-refractivity contribution in [1.82, 2.24) is 10.3 Å². The molecule has 20 heavy (non-hydrogen) atoms. The van der Waals surface area contributed by atoms with Gasteiger partial charge in [-0.25, -0.2) is 5.84 Å². The Hall–Kier alpha value is -1.73. The minimum atomic E-state index is -0.959. The molecule has 0 atom stereocenters. The summed E-state index contributed by atoms with van der Waals surface area (Å²) in [4.78, 5) is 37.2. The number of benzene rings is 1. The molecule has 0 aliphatic carbocycles. The normalized spacial score (nSPS) is 14.5. The second-order valence-corrected chi connectivity index (χ2v) is 6.16. The molecule has 0 aromatic heterocycles. The molecule has 0 saturated carbocycles. The molecule has 0 unspecified atom stereocenters. The predicted octanol–water partition coefficient (Wildman–Crippen LogP) is 1.06. The molecule has 106 valence electrons. The number of nitrogens with two attached hydrogens (primary N) is 1. The fourth-order valence-corrected chi connectivity index (χ4v) is 2.43. The standard InChI is InChI=1S/C13H14BrN3O3/c1-13(2,12(20)16-15)6-17-10(18)8-4-3-7(14)5-9(8)11(17)19/h3-5H,6,15H2,1-2H3,(H,16,20). The monoisotopic (exact) mass is 339 g/mol. The van der Waals surface area contributed by atoms with Crippen LogP contribution in [0.3, 0.4) is 0 Å². The van der Waals surface area contributed by atoms with Gasteiger partial charge in [0.2, 0.25) is 5.91 Å². The second kappa shape index (κ2) is 4.99. The molecule has 1 heterocycles. The lowest BCUT2D eigenvalue weighted by molar-refractivity contribution is -0.129. The van der Waals surface area contributed by atoms with Gasteiger partial charge in [-0.2, -0.15) is 0 Å². The summed E-state index contributed by atoms with van der Waals surface area (Å²) in [5.41, 5.74) is 1.77. The van der Waals surface area contributed by atoms with Crippen LogP contribution in [0.25, 0.3) is 0 Å². The van der Waals surface area contributed by atoms with Gasteiger partial charge in [-0.1, -0.05) is 15.9 Å². The molecule has 1 aromatic rings. The molecule has 0 fully saturated rings. The van der Waals surface area contributed by atoms with Crippen LogP contribution in [0.4, 0.5) is 0 Å². The van der Waals surface area contributed by atoms with E-state index >= 15 is 0 Å². The van der Waals surface area contributed by atoms with Crippen molar-refractivity contribution in [3.05, 3.63) is 33.8 Å². The lowest BCUT2D eigenvalue weighted by atomic mass is 9.92. The third kappa shape index (κ3) is 2.34. The zero-order valence-corrected chi connectivity index (χ0v) is 12.7. The molecule has 7 heteroatoms. The van der Waals surface area contributed by atoms with E-state index in [1.165, 1.54) is 0 Å². The number of hydrazine groups is 1. The number of carbonyl (C=O) groups is 3. The molecule has 6 nitrogen and oxygen atoms in total. The summed E-state index contributed by atoms with van der Waals surface area (Å²) in [6.45, 7) is 3.21. The van der Waals surface area contributed by atoms with E-state index in [1.54, 1.807) is 32.0 Å². The highest BCUT2D eigenvalue weighted by molar-refractivity contribution is 9.10. The zero-order valence-electron chi connectivity index (χ0n) is 11.1. The van der Waals surface area contributed by atoms with Crippen LogP contribution in [-0.4, -0.2) is 29.2 Å². The average Bonchev–Trinajstić information content (AvgIpc) is 2.62. The van der Waals surface area contributed by atoms with Gasteiger partial charge in [0.25, 0.3) is 11.8 Å². The van der Waals surface area contributed by atoms with E-state index in [-0.39, 0.29) is 6.54 Å². The molecule has 1 aromatic carbocycles. The van der Waals surface area contributed by atoms with E-state index in [1.807, 2.05) is 5.43 Å². The van der Waals surface area contributed by atoms with Gasteiger partial charge in [0, 0.05) is 11.0 Å². The number of rotatable bonds is 3. The quantitative estimate of drug-likeness (QED) is 0.372. The first-order valence-corrected chi connectivity index (χ1v) is 6.74. The predicted molar refractivity (Wildman–Crippen MR) is 75.6 cm³/mol. The third-order valence-corrected chi connectivity index (χ3v) is 3.73. The van der Waals surface area contributed by atoms with Gasteiger partial charge in [-0.3, -0.25) is 24.7 Å². The number of carbonyl (C=O) groups excluding carboxylic acids is 3. The Kier molecular flexibility index (Phi) is 3.66. The molecule has 2 rings (SSSR count). The van der Waals surface area contributed by atoms with Crippen LogP contribution in [0, 0.1) is 5.41 Å². The van der Waals surface area contributed by atoms with E-state index in [0.29, 0.717) is 11.1 Å². The highest BCUT2D eigenvalue weighted by Crippen LogP contribution is 2.29. The fourth-order valence-electron chi connectivity index (χ4n) is 2.07. The number of nitrogens with one attached hydrogen (secondary N) is 1. The van der Waals surface area contributed by atoms with Gasteiger partial charge in [0.05, 0.1) is 16.5 Å². The number of amides is 3. The zero-order chi connectivity index (χ0) is 15.1. The van der Waals surface area contributed by atoms with Crippen LogP contribution in [0.1, 0.15) is 34.6 Å². The molecule has 0 spiro atoms. The van der Waals surface area contributed by atoms with Gasteiger partial charge >= 0.3 is 0 Å². The number of fused-ring (bicyclic) bond motifs is 1. The summed E-state index contributed by atoms with van der Waals surface area (Å²) >= 11 is 3.27. The van der Waals surface area contributed by atoms with Crippen LogP contribution in [0.5, 0.6) is 0 Å². The van der Waals surface area contributed by atoms with E-state index in [0.717, 1.165) is 9.37 Å². The van der Waals surface area contributed by atoms with Crippen molar-refractivity contribution in [1.29, 1.82) is 0 Å². The largest absolute Gasteiger partial charge is 0.294 e. The molecule has 0 saturated heterocycles. The molecule has 0 bridgehead atoms. The SMILES string of the molecule is CC(C)(CN1C(=O)c2ccc(Br)cc2C1=O)C(=O)NN. The Morgan fingerprint density at radius 3 is 2.50 bits per heavy atom. The fraction of sp³-hybridized carbons (Fsp3) is 0.308. The van der Waals surface area contributed by atoms with Crippen molar-refractivity contribution in [2.75, 3.05) is 6.54 Å². The highest BCUT2D eigenvalue weighted by Gasteiger charge is 2.40. The van der Waals surface area contributed by atoms with Crippen LogP contribution < -0.4 is 11.3 Å². The first-order valence-electron chi connectivity index (χ1n) is 5.95. The van der Waals surface area contributed by atoms with Crippen molar-refractivity contribution in [3.63, 3.8) is 0 Å². The molecular weight excluding hydrogens is 326 g/mol. The number of imide groups is 1. The Morgan fingerprint density at radius 2 is 1.90 bits per heavy atom. The summed E-state index contributed by atoms with van der Waals surface area (Å²) in [5.74, 6) is 3.88. The Morgan fingerprint density at radius 1 is 1.30 bits per heavy atom. The third-order valence-electron chi connectivity index (χ3n) is 3.23. The average molecular weight is 340 g/mol. The second-order valence-electron chi connectivity index (χ2n) is 5.24. The van der Waals surface area contributed by atoms with E-state index < -0.39 is 23.1 Å². The molecular formula is C13H14BrN3O3. The van der Waals surface area contributed by atoms with Crippen molar-refractivity contribution >= 4 is 33.7 Å². The number of hydrogen-bond acceptors (Lipinski definition) is 4. The Labute approximate surface area is 124 Å². The summed E-state index contributed by atoms with van der Waals surface area (Å²) in [7, 11) is 0. The van der Waals surface area contributed by atoms with E-state index in [9.17, 15) is 14.4 Å².